The van der Waals surface area contributed by atoms with Crippen LogP contribution in [0.15, 0.2) is 16.9 Å². The first-order valence-electron chi connectivity index (χ1n) is 7.81. The van der Waals surface area contributed by atoms with E-state index in [4.69, 9.17) is 4.52 Å². The van der Waals surface area contributed by atoms with Crippen molar-refractivity contribution in [3.05, 3.63) is 18.0 Å². The lowest BCUT2D eigenvalue weighted by molar-refractivity contribution is 0.0537. The van der Waals surface area contributed by atoms with Gasteiger partial charge in [0.15, 0.2) is 0 Å². The van der Waals surface area contributed by atoms with Gasteiger partial charge in [0.1, 0.15) is 6.26 Å². The van der Waals surface area contributed by atoms with E-state index in [0.29, 0.717) is 18.6 Å². The van der Waals surface area contributed by atoms with Gasteiger partial charge in [0.25, 0.3) is 0 Å². The molecule has 1 N–H and O–H groups in total. The first kappa shape index (κ1) is 14.0. The minimum absolute atomic E-state index is 0.358. The van der Waals surface area contributed by atoms with Gasteiger partial charge in [-0.15, -0.1) is 0 Å². The Hall–Kier alpha value is -0.910. The van der Waals surface area contributed by atoms with E-state index in [0.717, 1.165) is 51.3 Å². The van der Waals surface area contributed by atoms with E-state index in [2.05, 4.69) is 15.0 Å². The fraction of sp³-hybridized carbons (Fsp3) is 0.800. The molecule has 0 amide bonds. The highest BCUT2D eigenvalue weighted by Crippen LogP contribution is 2.23. The molecule has 0 radical (unpaired) electrons. The fourth-order valence-corrected chi connectivity index (χ4v) is 3.52. The van der Waals surface area contributed by atoms with Gasteiger partial charge < -0.3 is 9.63 Å². The summed E-state index contributed by atoms with van der Waals surface area (Å²) in [4.78, 5) is 5.12. The maximum absolute atomic E-state index is 9.23. The summed E-state index contributed by atoms with van der Waals surface area (Å²) < 4.78 is 4.91. The van der Waals surface area contributed by atoms with Crippen molar-refractivity contribution in [3.63, 3.8) is 0 Å². The maximum atomic E-state index is 9.23. The van der Waals surface area contributed by atoms with Crippen molar-refractivity contribution in [2.45, 2.75) is 38.3 Å². The molecule has 3 heterocycles. The van der Waals surface area contributed by atoms with Gasteiger partial charge in [0.2, 0.25) is 0 Å². The Morgan fingerprint density at radius 3 is 2.80 bits per heavy atom. The summed E-state index contributed by atoms with van der Waals surface area (Å²) in [5.41, 5.74) is 1.03. The van der Waals surface area contributed by atoms with Crippen molar-refractivity contribution >= 4 is 0 Å². The van der Waals surface area contributed by atoms with E-state index in [-0.39, 0.29) is 0 Å². The SMILES string of the molecule is OCC1CCN(C2CCCN(Cc3ccon3)C2)CC1. The number of aliphatic hydroxyl groups is 1. The van der Waals surface area contributed by atoms with Gasteiger partial charge in [-0.3, -0.25) is 9.80 Å². The van der Waals surface area contributed by atoms with Gasteiger partial charge in [0.05, 0.1) is 5.69 Å². The average Bonchev–Trinajstić information content (AvgIpc) is 3.01. The average molecular weight is 279 g/mol. The van der Waals surface area contributed by atoms with Crippen molar-refractivity contribution in [2.24, 2.45) is 5.92 Å². The molecular weight excluding hydrogens is 254 g/mol. The first-order valence-corrected chi connectivity index (χ1v) is 7.81. The van der Waals surface area contributed by atoms with Crippen molar-refractivity contribution in [2.75, 3.05) is 32.8 Å². The molecule has 20 heavy (non-hydrogen) atoms. The molecule has 2 saturated heterocycles. The molecular formula is C15H25N3O2. The third-order valence-electron chi connectivity index (χ3n) is 4.78. The van der Waals surface area contributed by atoms with Gasteiger partial charge in [-0.05, 0) is 51.2 Å². The largest absolute Gasteiger partial charge is 0.396 e. The van der Waals surface area contributed by atoms with Gasteiger partial charge >= 0.3 is 0 Å². The van der Waals surface area contributed by atoms with Crippen molar-refractivity contribution in [1.29, 1.82) is 0 Å². The zero-order valence-corrected chi connectivity index (χ0v) is 12.1. The molecule has 2 fully saturated rings. The summed E-state index contributed by atoms with van der Waals surface area (Å²) >= 11 is 0. The number of piperidine rings is 2. The third-order valence-corrected chi connectivity index (χ3v) is 4.78. The lowest BCUT2D eigenvalue weighted by Crippen LogP contribution is -2.50. The predicted molar refractivity (Wildman–Crippen MR) is 76.2 cm³/mol. The highest BCUT2D eigenvalue weighted by molar-refractivity contribution is 4.96. The number of hydrogen-bond donors (Lipinski definition) is 1. The maximum Gasteiger partial charge on any atom is 0.124 e. The molecule has 2 aliphatic heterocycles. The molecule has 1 aromatic heterocycles. The van der Waals surface area contributed by atoms with E-state index >= 15 is 0 Å². The molecule has 0 spiro atoms. The topological polar surface area (TPSA) is 52.7 Å². The summed E-state index contributed by atoms with van der Waals surface area (Å²) in [6.45, 7) is 5.85. The van der Waals surface area contributed by atoms with Gasteiger partial charge in [0, 0.05) is 31.8 Å². The van der Waals surface area contributed by atoms with E-state index < -0.39 is 0 Å². The fourth-order valence-electron chi connectivity index (χ4n) is 3.52. The van der Waals surface area contributed by atoms with Crippen LogP contribution < -0.4 is 0 Å². The second-order valence-corrected chi connectivity index (χ2v) is 6.18. The number of nitrogens with zero attached hydrogens (tertiary/aromatic N) is 3. The normalized spacial score (nSPS) is 26.9. The number of rotatable bonds is 4. The summed E-state index contributed by atoms with van der Waals surface area (Å²) in [5.74, 6) is 0.529. The molecule has 0 aliphatic carbocycles. The number of hydrogen-bond acceptors (Lipinski definition) is 5. The minimum Gasteiger partial charge on any atom is -0.396 e. The van der Waals surface area contributed by atoms with Crippen LogP contribution in [0.4, 0.5) is 0 Å². The Bertz CT molecular complexity index is 388. The summed E-state index contributed by atoms with van der Waals surface area (Å²) in [7, 11) is 0. The molecule has 5 heteroatoms. The van der Waals surface area contributed by atoms with Crippen molar-refractivity contribution < 1.29 is 9.63 Å². The van der Waals surface area contributed by atoms with Crippen LogP contribution in [0.25, 0.3) is 0 Å². The first-order chi connectivity index (χ1) is 9.85. The Balaban J connectivity index is 1.50. The molecule has 0 bridgehead atoms. The van der Waals surface area contributed by atoms with Gasteiger partial charge in [-0.25, -0.2) is 0 Å². The second kappa shape index (κ2) is 6.70. The summed E-state index contributed by atoms with van der Waals surface area (Å²) in [6, 6.07) is 2.63. The van der Waals surface area contributed by atoms with Crippen LogP contribution in [-0.4, -0.2) is 58.9 Å². The highest BCUT2D eigenvalue weighted by atomic mass is 16.5. The molecule has 1 atom stereocenters. The molecule has 1 unspecified atom stereocenters. The monoisotopic (exact) mass is 279 g/mol. The van der Waals surface area contributed by atoms with Crippen LogP contribution in [0.3, 0.4) is 0 Å². The van der Waals surface area contributed by atoms with Crippen LogP contribution in [0.5, 0.6) is 0 Å². The summed E-state index contributed by atoms with van der Waals surface area (Å²) in [6.07, 6.45) is 6.52. The Morgan fingerprint density at radius 1 is 1.25 bits per heavy atom. The number of aliphatic hydroxyl groups excluding tert-OH is 1. The van der Waals surface area contributed by atoms with Crippen LogP contribution in [0.1, 0.15) is 31.4 Å². The summed E-state index contributed by atoms with van der Waals surface area (Å²) in [5, 5.41) is 13.2. The Labute approximate surface area is 120 Å². The zero-order valence-electron chi connectivity index (χ0n) is 12.1. The third kappa shape index (κ3) is 3.40. The molecule has 1 aromatic rings. The number of aromatic nitrogens is 1. The molecule has 5 nitrogen and oxygen atoms in total. The minimum atomic E-state index is 0.358. The molecule has 0 aromatic carbocycles. The second-order valence-electron chi connectivity index (χ2n) is 6.18. The Morgan fingerprint density at radius 2 is 2.10 bits per heavy atom. The smallest absolute Gasteiger partial charge is 0.124 e. The van der Waals surface area contributed by atoms with E-state index in [1.54, 1.807) is 6.26 Å². The van der Waals surface area contributed by atoms with Gasteiger partial charge in [-0.1, -0.05) is 5.16 Å². The quantitative estimate of drug-likeness (QED) is 0.901. The lowest BCUT2D eigenvalue weighted by Gasteiger charge is -2.42. The van der Waals surface area contributed by atoms with E-state index in [1.807, 2.05) is 6.07 Å². The van der Waals surface area contributed by atoms with E-state index in [9.17, 15) is 5.11 Å². The Kier molecular flexibility index (Phi) is 4.70. The number of likely N-dealkylation sites (tertiary alicyclic amines) is 2. The van der Waals surface area contributed by atoms with Gasteiger partial charge in [-0.2, -0.15) is 0 Å². The highest BCUT2D eigenvalue weighted by Gasteiger charge is 2.28. The molecule has 2 aliphatic rings. The van der Waals surface area contributed by atoms with Crippen LogP contribution in [0, 0.1) is 5.92 Å². The van der Waals surface area contributed by atoms with Crippen molar-refractivity contribution in [3.8, 4) is 0 Å². The van der Waals surface area contributed by atoms with Crippen LogP contribution in [0.2, 0.25) is 0 Å². The molecule has 3 rings (SSSR count). The van der Waals surface area contributed by atoms with E-state index in [1.165, 1.54) is 12.8 Å². The van der Waals surface area contributed by atoms with Crippen LogP contribution >= 0.6 is 0 Å². The predicted octanol–water partition coefficient (Wildman–Crippen LogP) is 1.34. The standard InChI is InChI=1S/C15H25N3O2/c19-12-13-3-7-18(8-4-13)15-2-1-6-17(11-15)10-14-5-9-20-16-14/h5,9,13,15,19H,1-4,6-8,10-12H2. The molecule has 112 valence electrons. The zero-order chi connectivity index (χ0) is 13.8. The lowest BCUT2D eigenvalue weighted by atomic mass is 9.94. The van der Waals surface area contributed by atoms with Crippen LogP contribution in [-0.2, 0) is 6.54 Å². The molecule has 0 saturated carbocycles. The van der Waals surface area contributed by atoms with Crippen molar-refractivity contribution in [1.82, 2.24) is 15.0 Å².